The molecule has 1 heterocycles. The zero-order valence-corrected chi connectivity index (χ0v) is 15.2. The van der Waals surface area contributed by atoms with Crippen molar-refractivity contribution in [2.75, 3.05) is 0 Å². The molecule has 0 N–H and O–H groups in total. The number of nitro groups is 1. The highest BCUT2D eigenvalue weighted by molar-refractivity contribution is 8.00. The lowest BCUT2D eigenvalue weighted by atomic mass is 10.2. The van der Waals surface area contributed by atoms with E-state index in [1.807, 2.05) is 31.2 Å². The first-order valence-electron chi connectivity index (χ1n) is 7.07. The van der Waals surface area contributed by atoms with E-state index in [9.17, 15) is 10.1 Å². The summed E-state index contributed by atoms with van der Waals surface area (Å²) in [4.78, 5) is 10.7. The van der Waals surface area contributed by atoms with Gasteiger partial charge in [0.25, 0.3) is 5.69 Å². The first-order valence-corrected chi connectivity index (χ1v) is 9.28. The number of aromatic nitrogens is 2. The van der Waals surface area contributed by atoms with Crippen molar-refractivity contribution in [1.29, 1.82) is 0 Å². The summed E-state index contributed by atoms with van der Waals surface area (Å²) in [6.45, 7) is 2.01. The van der Waals surface area contributed by atoms with Crippen molar-refractivity contribution in [3.8, 4) is 5.69 Å². The first kappa shape index (κ1) is 16.8. The lowest BCUT2D eigenvalue weighted by molar-refractivity contribution is -0.385. The van der Waals surface area contributed by atoms with Gasteiger partial charge >= 0.3 is 0 Å². The van der Waals surface area contributed by atoms with Crippen LogP contribution in [0.1, 0.15) is 11.1 Å². The van der Waals surface area contributed by atoms with Gasteiger partial charge in [-0.2, -0.15) is 0 Å². The van der Waals surface area contributed by atoms with Crippen molar-refractivity contribution in [2.45, 2.75) is 17.0 Å². The van der Waals surface area contributed by atoms with Gasteiger partial charge < -0.3 is 0 Å². The number of rotatable bonds is 5. The number of para-hydroxylation sites is 2. The van der Waals surface area contributed by atoms with Crippen molar-refractivity contribution in [1.82, 2.24) is 9.78 Å². The maximum absolute atomic E-state index is 11.1. The molecule has 0 atom stereocenters. The van der Waals surface area contributed by atoms with Crippen LogP contribution < -0.4 is 0 Å². The molecular formula is C16H13N3O2S3. The molecule has 0 spiro atoms. The minimum Gasteiger partial charge on any atom is -0.258 e. The summed E-state index contributed by atoms with van der Waals surface area (Å²) in [6.07, 6.45) is 0. The molecule has 0 radical (unpaired) electrons. The molecule has 1 aromatic heterocycles. The minimum atomic E-state index is -0.357. The van der Waals surface area contributed by atoms with Crippen molar-refractivity contribution in [2.24, 2.45) is 0 Å². The van der Waals surface area contributed by atoms with Crippen LogP contribution in [0.3, 0.4) is 0 Å². The van der Waals surface area contributed by atoms with E-state index in [4.69, 9.17) is 12.2 Å². The highest BCUT2D eigenvalue weighted by Crippen LogP contribution is 2.30. The molecule has 3 aromatic rings. The van der Waals surface area contributed by atoms with Crippen LogP contribution in [0, 0.1) is 21.0 Å². The third-order valence-corrected chi connectivity index (χ3v) is 5.83. The second-order valence-corrected chi connectivity index (χ2v) is 7.85. The summed E-state index contributed by atoms with van der Waals surface area (Å²) in [7, 11) is 0. The van der Waals surface area contributed by atoms with Gasteiger partial charge in [0.15, 0.2) is 8.29 Å². The van der Waals surface area contributed by atoms with Crippen LogP contribution >= 0.6 is 35.3 Å². The zero-order chi connectivity index (χ0) is 17.1. The Morgan fingerprint density at radius 3 is 2.71 bits per heavy atom. The van der Waals surface area contributed by atoms with Crippen molar-refractivity contribution >= 4 is 41.0 Å². The maximum atomic E-state index is 11.1. The topological polar surface area (TPSA) is 61.0 Å². The van der Waals surface area contributed by atoms with Gasteiger partial charge in [-0.3, -0.25) is 10.1 Å². The zero-order valence-electron chi connectivity index (χ0n) is 12.7. The molecule has 3 rings (SSSR count). The number of nitro benzene ring substituents is 1. The van der Waals surface area contributed by atoms with E-state index in [-0.39, 0.29) is 10.6 Å². The Bertz CT molecular complexity index is 949. The van der Waals surface area contributed by atoms with Gasteiger partial charge in [0.05, 0.1) is 10.6 Å². The van der Waals surface area contributed by atoms with Gasteiger partial charge in [-0.05, 0) is 30.8 Å². The fourth-order valence-electron chi connectivity index (χ4n) is 2.22. The lowest BCUT2D eigenvalue weighted by Crippen LogP contribution is -1.98. The largest absolute Gasteiger partial charge is 0.273 e. The Morgan fingerprint density at radius 1 is 1.25 bits per heavy atom. The van der Waals surface area contributed by atoms with Crippen molar-refractivity contribution in [3.05, 3.63) is 73.7 Å². The van der Waals surface area contributed by atoms with Crippen LogP contribution in [0.2, 0.25) is 0 Å². The molecule has 0 saturated carbocycles. The Labute approximate surface area is 152 Å². The third kappa shape index (κ3) is 3.55. The monoisotopic (exact) mass is 375 g/mol. The molecule has 0 aliphatic heterocycles. The molecule has 0 unspecified atom stereocenters. The van der Waals surface area contributed by atoms with E-state index < -0.39 is 0 Å². The number of benzene rings is 2. The molecule has 8 heteroatoms. The number of hydrogen-bond acceptors (Lipinski definition) is 6. The Balaban J connectivity index is 1.84. The van der Waals surface area contributed by atoms with E-state index in [1.54, 1.807) is 22.9 Å². The molecule has 0 fully saturated rings. The summed E-state index contributed by atoms with van der Waals surface area (Å²) in [6, 6.07) is 14.7. The van der Waals surface area contributed by atoms with Crippen LogP contribution in [-0.2, 0) is 5.75 Å². The maximum Gasteiger partial charge on any atom is 0.273 e. The predicted molar refractivity (Wildman–Crippen MR) is 99.7 cm³/mol. The summed E-state index contributed by atoms with van der Waals surface area (Å²) >= 11 is 8.28. The summed E-state index contributed by atoms with van der Waals surface area (Å²) < 4.78 is 3.20. The van der Waals surface area contributed by atoms with E-state index in [2.05, 4.69) is 5.10 Å². The minimum absolute atomic E-state index is 0.131. The summed E-state index contributed by atoms with van der Waals surface area (Å²) in [5.41, 5.74) is 2.86. The van der Waals surface area contributed by atoms with E-state index in [1.165, 1.54) is 29.2 Å². The summed E-state index contributed by atoms with van der Waals surface area (Å²) in [5.74, 6) is 0.479. The van der Waals surface area contributed by atoms with Crippen LogP contribution in [0.15, 0.2) is 52.9 Å². The Morgan fingerprint density at radius 2 is 1.96 bits per heavy atom. The molecule has 5 nitrogen and oxygen atoms in total. The average molecular weight is 376 g/mol. The molecule has 0 bridgehead atoms. The number of aryl methyl sites for hydroxylation is 1. The molecule has 0 saturated heterocycles. The van der Waals surface area contributed by atoms with Gasteiger partial charge in [0.1, 0.15) is 0 Å². The fraction of sp³-hybridized carbons (Fsp3) is 0.125. The standard InChI is InChI=1S/C16H13N3O2S3/c1-11-6-2-4-8-13(11)18-16(22)24-15(17-18)23-10-12-7-3-5-9-14(12)19(20)21/h2-9H,10H2,1H3. The van der Waals surface area contributed by atoms with Gasteiger partial charge in [-0.1, -0.05) is 59.5 Å². The number of thioether (sulfide) groups is 1. The van der Waals surface area contributed by atoms with E-state index in [0.717, 1.165) is 15.6 Å². The summed E-state index contributed by atoms with van der Waals surface area (Å²) in [5, 5.41) is 15.6. The highest BCUT2D eigenvalue weighted by atomic mass is 32.2. The van der Waals surface area contributed by atoms with Gasteiger partial charge in [-0.25, -0.2) is 4.68 Å². The Kier molecular flexibility index (Phi) is 5.08. The second-order valence-electron chi connectivity index (χ2n) is 5.01. The van der Waals surface area contributed by atoms with Gasteiger partial charge in [0.2, 0.25) is 0 Å². The number of nitrogens with zero attached hydrogens (tertiary/aromatic N) is 3. The fourth-order valence-corrected chi connectivity index (χ4v) is 4.57. The normalized spacial score (nSPS) is 10.7. The SMILES string of the molecule is Cc1ccccc1-n1nc(SCc2ccccc2[N+](=O)[O-])sc1=S. The van der Waals surface area contributed by atoms with Crippen LogP contribution in [-0.4, -0.2) is 14.7 Å². The molecule has 0 aliphatic carbocycles. The van der Waals surface area contributed by atoms with Gasteiger partial charge in [0, 0.05) is 17.4 Å². The van der Waals surface area contributed by atoms with Crippen molar-refractivity contribution < 1.29 is 4.92 Å². The molecular weight excluding hydrogens is 362 g/mol. The van der Waals surface area contributed by atoms with Crippen molar-refractivity contribution in [3.63, 3.8) is 0 Å². The van der Waals surface area contributed by atoms with Crippen LogP contribution in [0.5, 0.6) is 0 Å². The average Bonchev–Trinajstić information content (AvgIpc) is 2.94. The van der Waals surface area contributed by atoms with Gasteiger partial charge in [-0.15, -0.1) is 5.10 Å². The third-order valence-electron chi connectivity index (χ3n) is 3.41. The van der Waals surface area contributed by atoms with E-state index in [0.29, 0.717) is 15.3 Å². The van der Waals surface area contributed by atoms with E-state index >= 15 is 0 Å². The van der Waals surface area contributed by atoms with Crippen LogP contribution in [0.25, 0.3) is 5.69 Å². The molecule has 0 amide bonds. The molecule has 24 heavy (non-hydrogen) atoms. The quantitative estimate of drug-likeness (QED) is 0.266. The molecule has 122 valence electrons. The molecule has 0 aliphatic rings. The molecule has 2 aromatic carbocycles. The lowest BCUT2D eigenvalue weighted by Gasteiger charge is -2.04. The Hall–Kier alpha value is -2.03. The first-order chi connectivity index (χ1) is 11.6. The number of hydrogen-bond donors (Lipinski definition) is 0. The predicted octanol–water partition coefficient (Wildman–Crippen LogP) is 5.17. The highest BCUT2D eigenvalue weighted by Gasteiger charge is 2.14. The van der Waals surface area contributed by atoms with Crippen LogP contribution in [0.4, 0.5) is 5.69 Å². The second kappa shape index (κ2) is 7.25. The smallest absolute Gasteiger partial charge is 0.258 e.